The highest BCUT2D eigenvalue weighted by Gasteiger charge is 2.27. The molecular formula is C21H22Br2O4. The van der Waals surface area contributed by atoms with E-state index in [9.17, 15) is 0 Å². The van der Waals surface area contributed by atoms with Crippen molar-refractivity contribution >= 4 is 31.9 Å². The molecule has 4 nitrogen and oxygen atoms in total. The molecule has 0 aromatic heterocycles. The van der Waals surface area contributed by atoms with Gasteiger partial charge in [-0.05, 0) is 67.3 Å². The van der Waals surface area contributed by atoms with Crippen LogP contribution in [0.5, 0.6) is 11.5 Å². The van der Waals surface area contributed by atoms with Crippen LogP contribution in [0.15, 0.2) is 45.3 Å². The van der Waals surface area contributed by atoms with Crippen molar-refractivity contribution in [3.8, 4) is 11.5 Å². The molecule has 2 saturated heterocycles. The Labute approximate surface area is 176 Å². The van der Waals surface area contributed by atoms with E-state index in [0.717, 1.165) is 33.7 Å². The lowest BCUT2D eigenvalue weighted by atomic mass is 9.78. The van der Waals surface area contributed by atoms with Gasteiger partial charge in [-0.25, -0.2) is 0 Å². The summed E-state index contributed by atoms with van der Waals surface area (Å²) in [6.07, 6.45) is 0.496. The number of epoxide rings is 2. The summed E-state index contributed by atoms with van der Waals surface area (Å²) in [7, 11) is 0. The van der Waals surface area contributed by atoms with E-state index in [-0.39, 0.29) is 17.6 Å². The van der Waals surface area contributed by atoms with Crippen molar-refractivity contribution in [1.29, 1.82) is 0 Å². The molecule has 0 spiro atoms. The van der Waals surface area contributed by atoms with Crippen molar-refractivity contribution in [2.24, 2.45) is 0 Å². The Morgan fingerprint density at radius 2 is 1.26 bits per heavy atom. The maximum atomic E-state index is 5.81. The third-order valence-corrected chi connectivity index (χ3v) is 6.20. The molecule has 0 bridgehead atoms. The van der Waals surface area contributed by atoms with Gasteiger partial charge in [-0.3, -0.25) is 0 Å². The van der Waals surface area contributed by atoms with Crippen LogP contribution >= 0.6 is 31.9 Å². The molecule has 0 saturated carbocycles. The summed E-state index contributed by atoms with van der Waals surface area (Å²) in [6.45, 7) is 7.22. The van der Waals surface area contributed by atoms with Crippen molar-refractivity contribution in [2.75, 3.05) is 26.4 Å². The Hall–Kier alpha value is -1.08. The van der Waals surface area contributed by atoms with Crippen LogP contribution in [0.4, 0.5) is 0 Å². The van der Waals surface area contributed by atoms with Crippen molar-refractivity contribution in [2.45, 2.75) is 31.5 Å². The van der Waals surface area contributed by atoms with Crippen molar-refractivity contribution in [3.63, 3.8) is 0 Å². The molecule has 2 atom stereocenters. The first-order chi connectivity index (χ1) is 12.9. The normalized spacial score (nSPS) is 21.0. The number of halogens is 2. The number of benzene rings is 2. The van der Waals surface area contributed by atoms with Crippen LogP contribution in [0.3, 0.4) is 0 Å². The predicted molar refractivity (Wildman–Crippen MR) is 111 cm³/mol. The summed E-state index contributed by atoms with van der Waals surface area (Å²) in [5.74, 6) is 1.69. The fourth-order valence-electron chi connectivity index (χ4n) is 2.87. The molecule has 4 rings (SSSR count). The summed E-state index contributed by atoms with van der Waals surface area (Å²) in [5, 5.41) is 0. The van der Waals surface area contributed by atoms with Gasteiger partial charge in [-0.2, -0.15) is 0 Å². The molecule has 27 heavy (non-hydrogen) atoms. The van der Waals surface area contributed by atoms with E-state index >= 15 is 0 Å². The lowest BCUT2D eigenvalue weighted by molar-refractivity contribution is 0.261. The maximum absolute atomic E-state index is 5.81. The van der Waals surface area contributed by atoms with E-state index in [1.54, 1.807) is 0 Å². The molecule has 2 aromatic carbocycles. The van der Waals surface area contributed by atoms with E-state index in [1.165, 1.54) is 11.1 Å². The first-order valence-electron chi connectivity index (χ1n) is 9.02. The van der Waals surface area contributed by atoms with Crippen LogP contribution in [0.25, 0.3) is 0 Å². The number of rotatable bonds is 8. The highest BCUT2D eigenvalue weighted by atomic mass is 79.9. The summed E-state index contributed by atoms with van der Waals surface area (Å²) in [6, 6.07) is 12.5. The topological polar surface area (TPSA) is 43.5 Å². The second kappa shape index (κ2) is 7.74. The van der Waals surface area contributed by atoms with Gasteiger partial charge in [0.15, 0.2) is 0 Å². The molecule has 0 amide bonds. The van der Waals surface area contributed by atoms with Gasteiger partial charge in [-0.1, -0.05) is 26.0 Å². The zero-order valence-electron chi connectivity index (χ0n) is 15.3. The van der Waals surface area contributed by atoms with Gasteiger partial charge in [0, 0.05) is 5.41 Å². The Balaban J connectivity index is 1.50. The number of ether oxygens (including phenoxy) is 4. The van der Waals surface area contributed by atoms with E-state index in [0.29, 0.717) is 13.2 Å². The third kappa shape index (κ3) is 4.67. The quantitative estimate of drug-likeness (QED) is 0.476. The Morgan fingerprint density at radius 3 is 1.59 bits per heavy atom. The van der Waals surface area contributed by atoms with Gasteiger partial charge in [-0.15, -0.1) is 0 Å². The zero-order chi connectivity index (χ0) is 19.0. The highest BCUT2D eigenvalue weighted by molar-refractivity contribution is 9.10. The SMILES string of the molecule is CC(C)(c1ccc(OCC2CO2)c(Br)c1)c1ccc(OCC2CO2)c(Br)c1. The minimum absolute atomic E-state index is 0.165. The van der Waals surface area contributed by atoms with Crippen molar-refractivity contribution < 1.29 is 18.9 Å². The molecule has 0 radical (unpaired) electrons. The smallest absolute Gasteiger partial charge is 0.133 e. The first-order valence-corrected chi connectivity index (χ1v) is 10.6. The average Bonchev–Trinajstić information content (AvgIpc) is 3.54. The number of hydrogen-bond acceptors (Lipinski definition) is 4. The molecule has 6 heteroatoms. The first kappa shape index (κ1) is 19.2. The molecule has 2 aromatic rings. The Kier molecular flexibility index (Phi) is 5.52. The molecule has 0 aliphatic carbocycles. The van der Waals surface area contributed by atoms with Crippen LogP contribution in [0, 0.1) is 0 Å². The minimum atomic E-state index is -0.165. The zero-order valence-corrected chi connectivity index (χ0v) is 18.5. The van der Waals surface area contributed by atoms with Crippen molar-refractivity contribution in [1.82, 2.24) is 0 Å². The van der Waals surface area contributed by atoms with Gasteiger partial charge in [0.1, 0.15) is 36.9 Å². The Morgan fingerprint density at radius 1 is 0.852 bits per heavy atom. The highest BCUT2D eigenvalue weighted by Crippen LogP contribution is 2.39. The van der Waals surface area contributed by atoms with Crippen LogP contribution in [-0.4, -0.2) is 38.6 Å². The number of hydrogen-bond donors (Lipinski definition) is 0. The van der Waals surface area contributed by atoms with Crippen LogP contribution < -0.4 is 9.47 Å². The average molecular weight is 498 g/mol. The van der Waals surface area contributed by atoms with Gasteiger partial charge in [0.25, 0.3) is 0 Å². The predicted octanol–water partition coefficient (Wildman–Crippen LogP) is 5.09. The van der Waals surface area contributed by atoms with Crippen molar-refractivity contribution in [3.05, 3.63) is 56.5 Å². The second-order valence-corrected chi connectivity index (χ2v) is 9.16. The molecule has 2 fully saturated rings. The lowest BCUT2D eigenvalue weighted by Gasteiger charge is -2.27. The van der Waals surface area contributed by atoms with Gasteiger partial charge < -0.3 is 18.9 Å². The van der Waals surface area contributed by atoms with Crippen LogP contribution in [0.1, 0.15) is 25.0 Å². The summed E-state index contributed by atoms with van der Waals surface area (Å²) < 4.78 is 23.9. The standard InChI is InChI=1S/C21H22Br2O4/c1-21(2,13-3-5-19(17(22)7-13)26-11-15-9-24-15)14-4-6-20(18(23)8-14)27-12-16-10-25-16/h3-8,15-16H,9-12H2,1-2H3. The fourth-order valence-corrected chi connectivity index (χ4v) is 3.86. The van der Waals surface area contributed by atoms with E-state index in [4.69, 9.17) is 18.9 Å². The minimum Gasteiger partial charge on any atom is -0.490 e. The second-order valence-electron chi connectivity index (χ2n) is 7.45. The third-order valence-electron chi connectivity index (χ3n) is 4.96. The van der Waals surface area contributed by atoms with E-state index in [1.807, 2.05) is 12.1 Å². The maximum Gasteiger partial charge on any atom is 0.133 e. The summed E-state index contributed by atoms with van der Waals surface area (Å²) in [5.41, 5.74) is 2.24. The van der Waals surface area contributed by atoms with Crippen LogP contribution in [-0.2, 0) is 14.9 Å². The monoisotopic (exact) mass is 496 g/mol. The molecule has 2 unspecified atom stereocenters. The van der Waals surface area contributed by atoms with Gasteiger partial charge >= 0.3 is 0 Å². The largest absolute Gasteiger partial charge is 0.490 e. The van der Waals surface area contributed by atoms with E-state index in [2.05, 4.69) is 70.0 Å². The fraction of sp³-hybridized carbons (Fsp3) is 0.429. The van der Waals surface area contributed by atoms with Crippen LogP contribution in [0.2, 0.25) is 0 Å². The molecule has 0 N–H and O–H groups in total. The summed E-state index contributed by atoms with van der Waals surface area (Å²) >= 11 is 7.28. The molecule has 2 aliphatic rings. The lowest BCUT2D eigenvalue weighted by Crippen LogP contribution is -2.19. The molecule has 144 valence electrons. The van der Waals surface area contributed by atoms with E-state index < -0.39 is 0 Å². The molecule has 2 heterocycles. The Bertz CT molecular complexity index is 761. The van der Waals surface area contributed by atoms with Gasteiger partial charge in [0.2, 0.25) is 0 Å². The molecular weight excluding hydrogens is 476 g/mol. The van der Waals surface area contributed by atoms with Gasteiger partial charge in [0.05, 0.1) is 22.2 Å². The summed E-state index contributed by atoms with van der Waals surface area (Å²) in [4.78, 5) is 0. The molecule has 2 aliphatic heterocycles.